The lowest BCUT2D eigenvalue weighted by Gasteiger charge is -2.03. The van der Waals surface area contributed by atoms with Crippen LogP contribution in [-0.2, 0) is 4.79 Å². The minimum absolute atomic E-state index is 0.294. The number of rotatable bonds is 5. The second-order valence-electron chi connectivity index (χ2n) is 7.70. The molecule has 0 unspecified atom stereocenters. The Morgan fingerprint density at radius 3 is 2.68 bits per heavy atom. The maximum atomic E-state index is 12.5. The Bertz CT molecular complexity index is 1550. The Balaban J connectivity index is 1.28. The fourth-order valence-corrected chi connectivity index (χ4v) is 3.79. The quantitative estimate of drug-likeness (QED) is 0.254. The predicted octanol–water partition coefficient (Wildman–Crippen LogP) is 8.02. The zero-order valence-electron chi connectivity index (χ0n) is 18.0. The van der Waals surface area contributed by atoms with E-state index in [1.54, 1.807) is 42.5 Å². The number of fused-ring (bicyclic) bond motifs is 1. The molecule has 0 aliphatic carbocycles. The lowest BCUT2D eigenvalue weighted by Crippen LogP contribution is -2.07. The van der Waals surface area contributed by atoms with E-state index in [-0.39, 0.29) is 5.91 Å². The molecule has 5 aromatic rings. The molecular formula is C27H18Cl2N2O3. The Morgan fingerprint density at radius 2 is 1.82 bits per heavy atom. The van der Waals surface area contributed by atoms with E-state index >= 15 is 0 Å². The van der Waals surface area contributed by atoms with Gasteiger partial charge in [0.2, 0.25) is 11.8 Å². The number of furan rings is 1. The Morgan fingerprint density at radius 1 is 0.941 bits per heavy atom. The Hall–Kier alpha value is -3.80. The van der Waals surface area contributed by atoms with Crippen molar-refractivity contribution < 1.29 is 13.6 Å². The summed E-state index contributed by atoms with van der Waals surface area (Å²) < 4.78 is 11.6. The van der Waals surface area contributed by atoms with Crippen LogP contribution in [0.5, 0.6) is 0 Å². The minimum Gasteiger partial charge on any atom is -0.457 e. The van der Waals surface area contributed by atoms with Crippen molar-refractivity contribution >= 4 is 52.0 Å². The highest BCUT2D eigenvalue weighted by Crippen LogP contribution is 2.29. The van der Waals surface area contributed by atoms with Crippen molar-refractivity contribution in [2.24, 2.45) is 0 Å². The number of halogens is 2. The summed E-state index contributed by atoms with van der Waals surface area (Å²) in [6.45, 7) is 1.94. The third kappa shape index (κ3) is 4.76. The molecule has 0 atom stereocenters. The molecule has 34 heavy (non-hydrogen) atoms. The number of nitrogens with one attached hydrogen (secondary N) is 1. The number of hydrogen-bond donors (Lipinski definition) is 1. The second kappa shape index (κ2) is 9.21. The van der Waals surface area contributed by atoms with Crippen molar-refractivity contribution in [2.45, 2.75) is 6.92 Å². The SMILES string of the molecule is Cc1ccc(-c2ccc(/C=C/C(=O)Nc3cccc(-c4nc5cc(Cl)ccc5o4)c3)o2)cc1Cl. The zero-order chi connectivity index (χ0) is 23.7. The maximum absolute atomic E-state index is 12.5. The molecule has 1 amide bonds. The van der Waals surface area contributed by atoms with Crippen LogP contribution in [0.4, 0.5) is 5.69 Å². The van der Waals surface area contributed by atoms with Crippen LogP contribution in [0.3, 0.4) is 0 Å². The molecule has 2 heterocycles. The number of carbonyl (C=O) groups excluding carboxylic acids is 1. The van der Waals surface area contributed by atoms with E-state index in [2.05, 4.69) is 10.3 Å². The third-order valence-corrected chi connectivity index (χ3v) is 5.85. The molecule has 5 rings (SSSR count). The van der Waals surface area contributed by atoms with Gasteiger partial charge in [0.05, 0.1) is 0 Å². The molecule has 3 aromatic carbocycles. The highest BCUT2D eigenvalue weighted by molar-refractivity contribution is 6.31. The van der Waals surface area contributed by atoms with Crippen LogP contribution in [0.1, 0.15) is 11.3 Å². The molecule has 0 radical (unpaired) electrons. The van der Waals surface area contributed by atoms with Gasteiger partial charge in [0, 0.05) is 32.9 Å². The number of aryl methyl sites for hydroxylation is 1. The molecule has 0 fully saturated rings. The smallest absolute Gasteiger partial charge is 0.248 e. The maximum Gasteiger partial charge on any atom is 0.248 e. The van der Waals surface area contributed by atoms with Crippen molar-refractivity contribution in [1.29, 1.82) is 0 Å². The van der Waals surface area contributed by atoms with Gasteiger partial charge in [-0.3, -0.25) is 4.79 Å². The lowest BCUT2D eigenvalue weighted by atomic mass is 10.1. The van der Waals surface area contributed by atoms with Gasteiger partial charge in [-0.2, -0.15) is 0 Å². The monoisotopic (exact) mass is 488 g/mol. The fourth-order valence-electron chi connectivity index (χ4n) is 3.44. The van der Waals surface area contributed by atoms with Gasteiger partial charge in [-0.15, -0.1) is 0 Å². The number of benzene rings is 3. The molecule has 0 spiro atoms. The summed E-state index contributed by atoms with van der Waals surface area (Å²) in [6.07, 6.45) is 3.03. The molecule has 1 N–H and O–H groups in total. The molecule has 7 heteroatoms. The first-order chi connectivity index (χ1) is 16.4. The molecule has 2 aromatic heterocycles. The molecule has 168 valence electrons. The largest absolute Gasteiger partial charge is 0.457 e. The van der Waals surface area contributed by atoms with Crippen LogP contribution in [0, 0.1) is 6.92 Å². The van der Waals surface area contributed by atoms with Gasteiger partial charge in [-0.05, 0) is 73.2 Å². The first-order valence-electron chi connectivity index (χ1n) is 10.5. The summed E-state index contributed by atoms with van der Waals surface area (Å²) in [5.74, 6) is 1.39. The number of carbonyl (C=O) groups is 1. The molecule has 0 aliphatic heterocycles. The van der Waals surface area contributed by atoms with Crippen LogP contribution in [0.25, 0.3) is 40.0 Å². The fraction of sp³-hybridized carbons (Fsp3) is 0.0370. The normalized spacial score (nSPS) is 11.4. The molecule has 0 bridgehead atoms. The number of nitrogens with zero attached hydrogens (tertiary/aromatic N) is 1. The topological polar surface area (TPSA) is 68.3 Å². The standard InChI is InChI=1S/C27H18Cl2N2O3/c1-16-5-6-17(14-22(16)29)24-11-8-21(33-24)9-12-26(32)30-20-4-2-3-18(13-20)27-31-23-15-19(28)7-10-25(23)34-27/h2-15H,1H3,(H,30,32)/b12-9+. The Kier molecular flexibility index (Phi) is 5.97. The molecule has 0 saturated heterocycles. The van der Waals surface area contributed by atoms with Crippen LogP contribution >= 0.6 is 23.2 Å². The number of anilines is 1. The van der Waals surface area contributed by atoms with Crippen molar-refractivity contribution in [3.63, 3.8) is 0 Å². The summed E-state index contributed by atoms with van der Waals surface area (Å²) in [5, 5.41) is 4.11. The summed E-state index contributed by atoms with van der Waals surface area (Å²) in [5.41, 5.74) is 4.54. The molecule has 5 nitrogen and oxygen atoms in total. The molecular weight excluding hydrogens is 471 g/mol. The van der Waals surface area contributed by atoms with E-state index in [4.69, 9.17) is 32.0 Å². The van der Waals surface area contributed by atoms with Crippen LogP contribution in [0.2, 0.25) is 10.0 Å². The van der Waals surface area contributed by atoms with Gasteiger partial charge < -0.3 is 14.2 Å². The van der Waals surface area contributed by atoms with Crippen molar-refractivity contribution in [3.05, 3.63) is 100 Å². The molecule has 0 aliphatic rings. The minimum atomic E-state index is -0.294. The summed E-state index contributed by atoms with van der Waals surface area (Å²) in [4.78, 5) is 16.9. The van der Waals surface area contributed by atoms with Crippen molar-refractivity contribution in [3.8, 4) is 22.8 Å². The predicted molar refractivity (Wildman–Crippen MR) is 136 cm³/mol. The summed E-state index contributed by atoms with van der Waals surface area (Å²) in [7, 11) is 0. The van der Waals surface area contributed by atoms with Crippen LogP contribution < -0.4 is 5.32 Å². The van der Waals surface area contributed by atoms with Gasteiger partial charge in [-0.25, -0.2) is 4.98 Å². The van der Waals surface area contributed by atoms with Crippen molar-refractivity contribution in [1.82, 2.24) is 4.98 Å². The van der Waals surface area contributed by atoms with E-state index in [9.17, 15) is 4.79 Å². The van der Waals surface area contributed by atoms with E-state index in [0.29, 0.717) is 44.2 Å². The lowest BCUT2D eigenvalue weighted by molar-refractivity contribution is -0.111. The molecule has 0 saturated carbocycles. The number of hydrogen-bond acceptors (Lipinski definition) is 4. The summed E-state index contributed by atoms with van der Waals surface area (Å²) in [6, 6.07) is 21.9. The van der Waals surface area contributed by atoms with Crippen LogP contribution in [0.15, 0.2) is 87.7 Å². The second-order valence-corrected chi connectivity index (χ2v) is 8.54. The van der Waals surface area contributed by atoms with Gasteiger partial charge >= 0.3 is 0 Å². The first kappa shape index (κ1) is 22.0. The van der Waals surface area contributed by atoms with Gasteiger partial charge in [-0.1, -0.05) is 41.4 Å². The highest BCUT2D eigenvalue weighted by Gasteiger charge is 2.10. The Labute approximate surface area is 205 Å². The third-order valence-electron chi connectivity index (χ3n) is 5.21. The zero-order valence-corrected chi connectivity index (χ0v) is 19.5. The van der Waals surface area contributed by atoms with E-state index in [1.807, 2.05) is 43.3 Å². The summed E-state index contributed by atoms with van der Waals surface area (Å²) >= 11 is 12.2. The van der Waals surface area contributed by atoms with Crippen LogP contribution in [-0.4, -0.2) is 10.9 Å². The van der Waals surface area contributed by atoms with E-state index in [1.165, 1.54) is 6.08 Å². The number of oxazole rings is 1. The van der Waals surface area contributed by atoms with Gasteiger partial charge in [0.1, 0.15) is 17.0 Å². The highest BCUT2D eigenvalue weighted by atomic mass is 35.5. The van der Waals surface area contributed by atoms with Crippen molar-refractivity contribution in [2.75, 3.05) is 5.32 Å². The number of amides is 1. The van der Waals surface area contributed by atoms with Gasteiger partial charge in [0.25, 0.3) is 0 Å². The average Bonchev–Trinajstić information content (AvgIpc) is 3.47. The van der Waals surface area contributed by atoms with E-state index < -0.39 is 0 Å². The average molecular weight is 489 g/mol. The van der Waals surface area contributed by atoms with Gasteiger partial charge in [0.15, 0.2) is 5.58 Å². The van der Waals surface area contributed by atoms with E-state index in [0.717, 1.165) is 16.7 Å². The number of aromatic nitrogens is 1. The first-order valence-corrected chi connectivity index (χ1v) is 11.2.